The highest BCUT2D eigenvalue weighted by atomic mass is 16.3. The van der Waals surface area contributed by atoms with Crippen LogP contribution in [0.15, 0.2) is 22.3 Å². The summed E-state index contributed by atoms with van der Waals surface area (Å²) >= 11 is 0. The first-order chi connectivity index (χ1) is 5.66. The zero-order valence-corrected chi connectivity index (χ0v) is 7.09. The van der Waals surface area contributed by atoms with E-state index in [0.717, 1.165) is 11.3 Å². The summed E-state index contributed by atoms with van der Waals surface area (Å²) in [5, 5.41) is 8.58. The van der Waals surface area contributed by atoms with Gasteiger partial charge in [0.2, 0.25) is 0 Å². The Hall–Kier alpha value is -1.69. The SMILES string of the molecule is C/C(C#N)=C(/N)c1ccoc1C. The van der Waals surface area contributed by atoms with E-state index in [0.29, 0.717) is 11.3 Å². The first-order valence-electron chi connectivity index (χ1n) is 3.57. The molecule has 0 unspecified atom stereocenters. The smallest absolute Gasteiger partial charge is 0.109 e. The van der Waals surface area contributed by atoms with E-state index in [9.17, 15) is 0 Å². The van der Waals surface area contributed by atoms with E-state index in [1.54, 1.807) is 19.3 Å². The Labute approximate surface area is 71.1 Å². The van der Waals surface area contributed by atoms with E-state index < -0.39 is 0 Å². The van der Waals surface area contributed by atoms with Crippen molar-refractivity contribution < 1.29 is 4.42 Å². The zero-order valence-electron chi connectivity index (χ0n) is 7.09. The standard InChI is InChI=1S/C9H10N2O/c1-6(5-10)9(11)8-3-4-12-7(8)2/h3-4H,11H2,1-2H3/b9-6-. The molecule has 3 nitrogen and oxygen atoms in total. The summed E-state index contributed by atoms with van der Waals surface area (Å²) in [5.41, 5.74) is 7.49. The molecule has 0 fully saturated rings. The number of rotatable bonds is 1. The van der Waals surface area contributed by atoms with E-state index in [1.807, 2.05) is 13.0 Å². The number of nitrogens with two attached hydrogens (primary N) is 1. The van der Waals surface area contributed by atoms with Crippen molar-refractivity contribution in [1.29, 1.82) is 5.26 Å². The van der Waals surface area contributed by atoms with Crippen molar-refractivity contribution in [1.82, 2.24) is 0 Å². The fourth-order valence-electron chi connectivity index (χ4n) is 0.927. The molecule has 1 heterocycles. The van der Waals surface area contributed by atoms with Crippen LogP contribution < -0.4 is 5.73 Å². The molecule has 2 N–H and O–H groups in total. The van der Waals surface area contributed by atoms with Gasteiger partial charge in [-0.25, -0.2) is 0 Å². The maximum atomic E-state index is 8.58. The molecule has 0 radical (unpaired) electrons. The van der Waals surface area contributed by atoms with Crippen LogP contribution in [0, 0.1) is 18.3 Å². The van der Waals surface area contributed by atoms with Crippen molar-refractivity contribution in [3.63, 3.8) is 0 Å². The zero-order chi connectivity index (χ0) is 9.14. The molecule has 0 aliphatic rings. The molecule has 1 aromatic rings. The third-order valence-electron chi connectivity index (χ3n) is 1.72. The van der Waals surface area contributed by atoms with E-state index in [1.165, 1.54) is 0 Å². The van der Waals surface area contributed by atoms with Crippen molar-refractivity contribution in [2.24, 2.45) is 5.73 Å². The van der Waals surface area contributed by atoms with Crippen LogP contribution in [-0.4, -0.2) is 0 Å². The molecular formula is C9H10N2O. The maximum Gasteiger partial charge on any atom is 0.109 e. The summed E-state index contributed by atoms with van der Waals surface area (Å²) in [6.07, 6.45) is 1.56. The quantitative estimate of drug-likeness (QED) is 0.640. The molecule has 0 atom stereocenters. The number of furan rings is 1. The molecule has 0 bridgehead atoms. The molecular weight excluding hydrogens is 152 g/mol. The lowest BCUT2D eigenvalue weighted by Gasteiger charge is -1.98. The van der Waals surface area contributed by atoms with Gasteiger partial charge in [0, 0.05) is 5.56 Å². The number of nitrogens with zero attached hydrogens (tertiary/aromatic N) is 1. The van der Waals surface area contributed by atoms with Gasteiger partial charge in [-0.2, -0.15) is 5.26 Å². The predicted molar refractivity (Wildman–Crippen MR) is 45.8 cm³/mol. The van der Waals surface area contributed by atoms with Crippen LogP contribution in [0.25, 0.3) is 5.70 Å². The summed E-state index contributed by atoms with van der Waals surface area (Å²) < 4.78 is 5.06. The number of allylic oxidation sites excluding steroid dienone is 1. The Morgan fingerprint density at radius 3 is 2.75 bits per heavy atom. The minimum Gasteiger partial charge on any atom is -0.469 e. The monoisotopic (exact) mass is 162 g/mol. The molecule has 12 heavy (non-hydrogen) atoms. The van der Waals surface area contributed by atoms with Gasteiger partial charge >= 0.3 is 0 Å². The highest BCUT2D eigenvalue weighted by Gasteiger charge is 2.06. The minimum absolute atomic E-state index is 0.490. The second-order valence-electron chi connectivity index (χ2n) is 2.54. The molecule has 0 saturated heterocycles. The normalized spacial score (nSPS) is 12.1. The van der Waals surface area contributed by atoms with Crippen LogP contribution in [0.1, 0.15) is 18.2 Å². The molecule has 0 amide bonds. The number of aryl methyl sites for hydroxylation is 1. The highest BCUT2D eigenvalue weighted by Crippen LogP contribution is 2.17. The first kappa shape index (κ1) is 8.41. The van der Waals surface area contributed by atoms with Crippen LogP contribution in [-0.2, 0) is 0 Å². The fraction of sp³-hybridized carbons (Fsp3) is 0.222. The number of hydrogen-bond acceptors (Lipinski definition) is 3. The second kappa shape index (κ2) is 3.14. The maximum absolute atomic E-state index is 8.58. The lowest BCUT2D eigenvalue weighted by Crippen LogP contribution is -1.98. The number of hydrogen-bond donors (Lipinski definition) is 1. The average Bonchev–Trinajstić information content (AvgIpc) is 2.48. The molecule has 0 aromatic carbocycles. The van der Waals surface area contributed by atoms with Crippen LogP contribution >= 0.6 is 0 Å². The van der Waals surface area contributed by atoms with Crippen molar-refractivity contribution in [3.05, 3.63) is 29.2 Å². The van der Waals surface area contributed by atoms with Crippen LogP contribution in [0.2, 0.25) is 0 Å². The van der Waals surface area contributed by atoms with Gasteiger partial charge in [-0.15, -0.1) is 0 Å². The van der Waals surface area contributed by atoms with Gasteiger partial charge in [0.15, 0.2) is 0 Å². The Balaban J connectivity index is 3.18. The topological polar surface area (TPSA) is 63.0 Å². The Morgan fingerprint density at radius 2 is 2.33 bits per heavy atom. The Morgan fingerprint density at radius 1 is 1.67 bits per heavy atom. The van der Waals surface area contributed by atoms with Gasteiger partial charge in [-0.05, 0) is 19.9 Å². The Kier molecular flexibility index (Phi) is 2.20. The second-order valence-corrected chi connectivity index (χ2v) is 2.54. The van der Waals surface area contributed by atoms with Crippen LogP contribution in [0.4, 0.5) is 0 Å². The van der Waals surface area contributed by atoms with Gasteiger partial charge in [0.25, 0.3) is 0 Å². The van der Waals surface area contributed by atoms with E-state index >= 15 is 0 Å². The number of nitriles is 1. The van der Waals surface area contributed by atoms with E-state index in [-0.39, 0.29) is 0 Å². The third kappa shape index (κ3) is 1.32. The van der Waals surface area contributed by atoms with Gasteiger partial charge in [-0.1, -0.05) is 0 Å². The van der Waals surface area contributed by atoms with Crippen LogP contribution in [0.3, 0.4) is 0 Å². The third-order valence-corrected chi connectivity index (χ3v) is 1.72. The minimum atomic E-state index is 0.490. The van der Waals surface area contributed by atoms with Crippen LogP contribution in [0.5, 0.6) is 0 Å². The largest absolute Gasteiger partial charge is 0.469 e. The molecule has 1 rings (SSSR count). The summed E-state index contributed by atoms with van der Waals surface area (Å²) in [7, 11) is 0. The van der Waals surface area contributed by atoms with Gasteiger partial charge in [0.1, 0.15) is 5.76 Å². The van der Waals surface area contributed by atoms with E-state index in [2.05, 4.69) is 0 Å². The lowest BCUT2D eigenvalue weighted by molar-refractivity contribution is 0.533. The van der Waals surface area contributed by atoms with Crippen molar-refractivity contribution in [2.75, 3.05) is 0 Å². The average molecular weight is 162 g/mol. The van der Waals surface area contributed by atoms with Gasteiger partial charge < -0.3 is 10.2 Å². The van der Waals surface area contributed by atoms with Crippen molar-refractivity contribution in [2.45, 2.75) is 13.8 Å². The first-order valence-corrected chi connectivity index (χ1v) is 3.57. The highest BCUT2D eigenvalue weighted by molar-refractivity contribution is 5.69. The van der Waals surface area contributed by atoms with Gasteiger partial charge in [-0.3, -0.25) is 0 Å². The molecule has 0 saturated carbocycles. The van der Waals surface area contributed by atoms with Gasteiger partial charge in [0.05, 0.1) is 23.6 Å². The Bertz CT molecular complexity index is 355. The van der Waals surface area contributed by atoms with Crippen molar-refractivity contribution in [3.8, 4) is 6.07 Å². The molecule has 0 spiro atoms. The van der Waals surface area contributed by atoms with Crippen molar-refractivity contribution >= 4 is 5.70 Å². The summed E-state index contributed by atoms with van der Waals surface area (Å²) in [6.45, 7) is 3.49. The molecule has 62 valence electrons. The molecule has 3 heteroatoms. The fourth-order valence-corrected chi connectivity index (χ4v) is 0.927. The summed E-state index contributed by atoms with van der Waals surface area (Å²) in [6, 6.07) is 3.75. The lowest BCUT2D eigenvalue weighted by atomic mass is 10.1. The summed E-state index contributed by atoms with van der Waals surface area (Å²) in [5.74, 6) is 0.738. The summed E-state index contributed by atoms with van der Waals surface area (Å²) in [4.78, 5) is 0. The molecule has 0 aliphatic carbocycles. The predicted octanol–water partition coefficient (Wildman–Crippen LogP) is 1.80. The molecule has 0 aliphatic heterocycles. The molecule has 1 aromatic heterocycles. The van der Waals surface area contributed by atoms with E-state index in [4.69, 9.17) is 15.4 Å².